The number of rotatable bonds is 3. The maximum atomic E-state index is 12.6. The molecule has 4 heteroatoms. The Morgan fingerprint density at radius 3 is 2.95 bits per heavy atom. The van der Waals surface area contributed by atoms with Crippen molar-refractivity contribution in [3.63, 3.8) is 0 Å². The van der Waals surface area contributed by atoms with Crippen molar-refractivity contribution in [3.8, 4) is 5.75 Å². The third-order valence-electron chi connectivity index (χ3n) is 4.39. The highest BCUT2D eigenvalue weighted by Gasteiger charge is 2.38. The first kappa shape index (κ1) is 13.2. The van der Waals surface area contributed by atoms with Crippen LogP contribution >= 0.6 is 0 Å². The summed E-state index contributed by atoms with van der Waals surface area (Å²) >= 11 is 0. The third-order valence-corrected chi connectivity index (χ3v) is 4.39. The highest BCUT2D eigenvalue weighted by molar-refractivity contribution is 5.96. The molecule has 4 nitrogen and oxygen atoms in total. The largest absolute Gasteiger partial charge is 0.506 e. The van der Waals surface area contributed by atoms with E-state index in [1.165, 1.54) is 0 Å². The molecule has 2 N–H and O–H groups in total. The van der Waals surface area contributed by atoms with E-state index in [4.69, 9.17) is 0 Å². The normalized spacial score (nSPS) is 19.9. The molecule has 0 bridgehead atoms. The summed E-state index contributed by atoms with van der Waals surface area (Å²) in [5, 5.41) is 13.3. The predicted octanol–water partition coefficient (Wildman–Crippen LogP) is 1.84. The lowest BCUT2D eigenvalue weighted by molar-refractivity contribution is -0.121. The quantitative estimate of drug-likeness (QED) is 0.826. The van der Waals surface area contributed by atoms with Crippen LogP contribution in [0.5, 0.6) is 5.75 Å². The average Bonchev–Trinajstić information content (AvgIpc) is 2.42. The molecular formula is C16H20N2O2. The first-order chi connectivity index (χ1) is 9.65. The summed E-state index contributed by atoms with van der Waals surface area (Å²) < 4.78 is 0. The Bertz CT molecular complexity index is 549. The molecule has 1 aromatic carbocycles. The Morgan fingerprint density at radius 2 is 2.30 bits per heavy atom. The number of phenolic OH excluding ortho intramolecular Hbond substituents is 1. The van der Waals surface area contributed by atoms with Crippen molar-refractivity contribution in [2.75, 3.05) is 24.5 Å². The molecule has 3 rings (SSSR count). The fourth-order valence-corrected chi connectivity index (χ4v) is 3.06. The zero-order chi connectivity index (χ0) is 14.2. The van der Waals surface area contributed by atoms with Crippen LogP contribution in [0.25, 0.3) is 0 Å². The molecule has 0 unspecified atom stereocenters. The molecule has 0 atom stereocenters. The van der Waals surface area contributed by atoms with Gasteiger partial charge in [0.15, 0.2) is 0 Å². The van der Waals surface area contributed by atoms with Crippen molar-refractivity contribution >= 4 is 11.6 Å². The van der Waals surface area contributed by atoms with Crippen molar-refractivity contribution in [3.05, 3.63) is 36.4 Å². The fraction of sp³-hybridized carbons (Fsp3) is 0.438. The first-order valence-electron chi connectivity index (χ1n) is 7.11. The van der Waals surface area contributed by atoms with Crippen LogP contribution < -0.4 is 10.2 Å². The van der Waals surface area contributed by atoms with Crippen molar-refractivity contribution in [2.24, 2.45) is 5.41 Å². The second-order valence-corrected chi connectivity index (χ2v) is 5.78. The highest BCUT2D eigenvalue weighted by Crippen LogP contribution is 2.37. The summed E-state index contributed by atoms with van der Waals surface area (Å²) in [6.07, 6.45) is 4.21. The topological polar surface area (TPSA) is 52.6 Å². The molecule has 106 valence electrons. The molecule has 2 aliphatic heterocycles. The number of aromatic hydroxyl groups is 1. The number of fused-ring (bicyclic) bond motifs is 1. The van der Waals surface area contributed by atoms with E-state index in [1.807, 2.05) is 18.2 Å². The zero-order valence-corrected chi connectivity index (χ0v) is 11.6. The van der Waals surface area contributed by atoms with Gasteiger partial charge in [-0.25, -0.2) is 0 Å². The van der Waals surface area contributed by atoms with Crippen LogP contribution in [0.1, 0.15) is 18.4 Å². The predicted molar refractivity (Wildman–Crippen MR) is 78.9 cm³/mol. The molecule has 2 aliphatic rings. The Balaban J connectivity index is 1.85. The number of carbonyl (C=O) groups is 1. The summed E-state index contributed by atoms with van der Waals surface area (Å²) in [7, 11) is 0. The van der Waals surface area contributed by atoms with Crippen LogP contribution in [0.2, 0.25) is 0 Å². The van der Waals surface area contributed by atoms with Crippen LogP contribution in [0.3, 0.4) is 0 Å². The van der Waals surface area contributed by atoms with E-state index < -0.39 is 0 Å². The van der Waals surface area contributed by atoms with Crippen LogP contribution in [-0.4, -0.2) is 30.6 Å². The number of aryl methyl sites for hydroxylation is 1. The first-order valence-corrected chi connectivity index (χ1v) is 7.11. The Kier molecular flexibility index (Phi) is 3.26. The molecule has 0 aliphatic carbocycles. The standard InChI is InChI=1S/C16H20N2O2/c1-2-16(10-17-11-16)9-14(20)18-8-4-6-12-5-3-7-13(19)15(12)18/h2-3,5,7,17,19H,1,4,6,8-11H2. The van der Waals surface area contributed by atoms with Gasteiger partial charge in [-0.05, 0) is 24.5 Å². The molecule has 0 saturated carbocycles. The Labute approximate surface area is 119 Å². The third kappa shape index (κ3) is 2.10. The van der Waals surface area contributed by atoms with E-state index in [2.05, 4.69) is 11.9 Å². The van der Waals surface area contributed by atoms with E-state index in [1.54, 1.807) is 11.0 Å². The molecule has 0 spiro atoms. The summed E-state index contributed by atoms with van der Waals surface area (Å²) in [5.41, 5.74) is 1.65. The number of para-hydroxylation sites is 1. The smallest absolute Gasteiger partial charge is 0.228 e. The number of hydrogen-bond donors (Lipinski definition) is 2. The number of carbonyl (C=O) groups excluding carboxylic acids is 1. The second kappa shape index (κ2) is 4.94. The van der Waals surface area contributed by atoms with Crippen molar-refractivity contribution < 1.29 is 9.90 Å². The Hall–Kier alpha value is -1.81. The summed E-state index contributed by atoms with van der Waals surface area (Å²) in [6.45, 7) is 6.16. The van der Waals surface area contributed by atoms with Crippen LogP contribution in [0.15, 0.2) is 30.9 Å². The van der Waals surface area contributed by atoms with Crippen molar-refractivity contribution in [2.45, 2.75) is 19.3 Å². The van der Waals surface area contributed by atoms with Crippen molar-refractivity contribution in [1.29, 1.82) is 0 Å². The SMILES string of the molecule is C=CC1(CC(=O)N2CCCc3cccc(O)c32)CNC1. The van der Waals surface area contributed by atoms with Gasteiger partial charge in [0.1, 0.15) is 5.75 Å². The average molecular weight is 272 g/mol. The lowest BCUT2D eigenvalue weighted by Crippen LogP contribution is -2.54. The van der Waals surface area contributed by atoms with E-state index in [-0.39, 0.29) is 17.1 Å². The van der Waals surface area contributed by atoms with E-state index >= 15 is 0 Å². The maximum absolute atomic E-state index is 12.6. The van der Waals surface area contributed by atoms with E-state index in [9.17, 15) is 9.90 Å². The molecule has 2 heterocycles. The second-order valence-electron chi connectivity index (χ2n) is 5.78. The van der Waals surface area contributed by atoms with Crippen molar-refractivity contribution in [1.82, 2.24) is 5.32 Å². The summed E-state index contributed by atoms with van der Waals surface area (Å²) in [6, 6.07) is 5.48. The van der Waals surface area contributed by atoms with Gasteiger partial charge in [-0.1, -0.05) is 18.2 Å². The number of benzene rings is 1. The lowest BCUT2D eigenvalue weighted by Gasteiger charge is -2.41. The number of phenols is 1. The zero-order valence-electron chi connectivity index (χ0n) is 11.6. The molecule has 0 radical (unpaired) electrons. The molecule has 1 fully saturated rings. The van der Waals surface area contributed by atoms with Gasteiger partial charge in [0, 0.05) is 31.5 Å². The maximum Gasteiger partial charge on any atom is 0.228 e. The van der Waals surface area contributed by atoms with Gasteiger partial charge in [0.05, 0.1) is 5.69 Å². The highest BCUT2D eigenvalue weighted by atomic mass is 16.3. The lowest BCUT2D eigenvalue weighted by atomic mass is 9.78. The summed E-state index contributed by atoms with van der Waals surface area (Å²) in [4.78, 5) is 14.4. The molecular weight excluding hydrogens is 252 g/mol. The molecule has 1 saturated heterocycles. The number of anilines is 1. The minimum Gasteiger partial charge on any atom is -0.506 e. The van der Waals surface area contributed by atoms with Gasteiger partial charge in [-0.15, -0.1) is 6.58 Å². The number of nitrogens with one attached hydrogen (secondary N) is 1. The number of amides is 1. The van der Waals surface area contributed by atoms with Gasteiger partial charge in [-0.3, -0.25) is 4.79 Å². The fourth-order valence-electron chi connectivity index (χ4n) is 3.06. The molecule has 1 amide bonds. The van der Waals surface area contributed by atoms with Gasteiger partial charge < -0.3 is 15.3 Å². The molecule has 0 aromatic heterocycles. The molecule has 1 aromatic rings. The van der Waals surface area contributed by atoms with E-state index in [0.717, 1.165) is 31.5 Å². The molecule has 20 heavy (non-hydrogen) atoms. The summed E-state index contributed by atoms with van der Waals surface area (Å²) in [5.74, 6) is 0.281. The van der Waals surface area contributed by atoms with Gasteiger partial charge >= 0.3 is 0 Å². The van der Waals surface area contributed by atoms with Crippen LogP contribution in [-0.2, 0) is 11.2 Å². The minimum absolute atomic E-state index is 0.0776. The van der Waals surface area contributed by atoms with Gasteiger partial charge in [0.25, 0.3) is 0 Å². The minimum atomic E-state index is -0.112. The number of nitrogens with zero attached hydrogens (tertiary/aromatic N) is 1. The Morgan fingerprint density at radius 1 is 1.50 bits per heavy atom. The van der Waals surface area contributed by atoms with Crippen LogP contribution in [0.4, 0.5) is 5.69 Å². The number of hydrogen-bond acceptors (Lipinski definition) is 3. The van der Waals surface area contributed by atoms with Gasteiger partial charge in [-0.2, -0.15) is 0 Å². The monoisotopic (exact) mass is 272 g/mol. The van der Waals surface area contributed by atoms with E-state index in [0.29, 0.717) is 18.7 Å². The van der Waals surface area contributed by atoms with Gasteiger partial charge in [0.2, 0.25) is 5.91 Å². The van der Waals surface area contributed by atoms with Crippen LogP contribution in [0, 0.1) is 5.41 Å².